The number of nitrogens with zero attached hydrogens (tertiary/aromatic N) is 5. The van der Waals surface area contributed by atoms with Gasteiger partial charge in [-0.2, -0.15) is 15.0 Å². The van der Waals surface area contributed by atoms with Gasteiger partial charge in [0.25, 0.3) is 10.0 Å². The van der Waals surface area contributed by atoms with Crippen LogP contribution in [0.3, 0.4) is 0 Å². The summed E-state index contributed by atoms with van der Waals surface area (Å²) in [6.45, 7) is 7.39. The molecule has 1 aromatic heterocycles. The van der Waals surface area contributed by atoms with Crippen LogP contribution in [0.25, 0.3) is 0 Å². The first-order valence-corrected chi connectivity index (χ1v) is 16.9. The minimum atomic E-state index is -4.06. The third kappa shape index (κ3) is 8.55. The average molecular weight is 669 g/mol. The number of rotatable bonds is 8. The van der Waals surface area contributed by atoms with E-state index >= 15 is 0 Å². The molecule has 4 atom stereocenters. The summed E-state index contributed by atoms with van der Waals surface area (Å²) in [5.41, 5.74) is 25.2. The molecule has 2 aliphatic heterocycles. The fourth-order valence-electron chi connectivity index (χ4n) is 5.44. The Hall–Kier alpha value is -4.29. The Morgan fingerprint density at radius 2 is 1.30 bits per heavy atom. The van der Waals surface area contributed by atoms with E-state index in [4.69, 9.17) is 27.9 Å². The van der Waals surface area contributed by atoms with Crippen LogP contribution < -0.4 is 48.1 Å². The molecule has 16 nitrogen and oxygen atoms in total. The molecule has 2 aromatic carbocycles. The smallest absolute Gasteiger partial charge is 0.262 e. The standard InChI is InChI=1S/C30H44N12O4S/c1-30(2,3)26(44)35-21-4-7-23(8-5-21)47(45,46)40-24-9-6-22(12-25(24)43)36-27-37-28(41-13-17(31)10-18(32)14-41)39-29(38-27)42-15-19(33)11-20(34)16-42/h4-9,12,17-20,40,43H,10-11,13-16,31-34H2,1-3H3,(H,35,44)(H,36,37,38,39)/t17-,18+,19-,20+. The highest BCUT2D eigenvalue weighted by molar-refractivity contribution is 7.92. The van der Waals surface area contributed by atoms with Crippen LogP contribution in [0.5, 0.6) is 5.75 Å². The van der Waals surface area contributed by atoms with Gasteiger partial charge in [-0.05, 0) is 49.2 Å². The van der Waals surface area contributed by atoms with Crippen molar-refractivity contribution in [3.8, 4) is 5.75 Å². The number of benzene rings is 2. The van der Waals surface area contributed by atoms with E-state index < -0.39 is 15.4 Å². The second-order valence-electron chi connectivity index (χ2n) is 13.3. The van der Waals surface area contributed by atoms with Gasteiger partial charge in [0.2, 0.25) is 23.8 Å². The first kappa shape index (κ1) is 34.1. The number of amides is 1. The van der Waals surface area contributed by atoms with E-state index in [1.807, 2.05) is 9.80 Å². The number of piperidine rings is 2. The Balaban J connectivity index is 1.35. The first-order chi connectivity index (χ1) is 22.1. The number of carbonyl (C=O) groups is 1. The molecule has 3 heterocycles. The second-order valence-corrected chi connectivity index (χ2v) is 15.0. The molecule has 2 aliphatic rings. The monoisotopic (exact) mass is 668 g/mol. The minimum absolute atomic E-state index is 0.0368. The zero-order valence-corrected chi connectivity index (χ0v) is 27.5. The number of phenols is 1. The lowest BCUT2D eigenvalue weighted by Crippen LogP contribution is -2.54. The average Bonchev–Trinajstić information content (AvgIpc) is 2.97. The van der Waals surface area contributed by atoms with Crippen LogP contribution in [0.4, 0.5) is 34.9 Å². The van der Waals surface area contributed by atoms with Crippen molar-refractivity contribution < 1.29 is 18.3 Å². The summed E-state index contributed by atoms with van der Waals surface area (Å²) in [7, 11) is -4.06. The van der Waals surface area contributed by atoms with Gasteiger partial charge in [0.1, 0.15) is 5.75 Å². The highest BCUT2D eigenvalue weighted by atomic mass is 32.2. The molecule has 5 rings (SSSR count). The van der Waals surface area contributed by atoms with E-state index in [-0.39, 0.29) is 52.4 Å². The van der Waals surface area contributed by atoms with Gasteiger partial charge < -0.3 is 48.5 Å². The van der Waals surface area contributed by atoms with Gasteiger partial charge in [0, 0.05) is 73.2 Å². The van der Waals surface area contributed by atoms with Crippen LogP contribution in [-0.4, -0.2) is 84.7 Å². The maximum absolute atomic E-state index is 13.1. The third-order valence-corrected chi connectivity index (χ3v) is 9.19. The zero-order valence-electron chi connectivity index (χ0n) is 26.7. The molecule has 0 saturated carbocycles. The molecule has 47 heavy (non-hydrogen) atoms. The van der Waals surface area contributed by atoms with Crippen LogP contribution >= 0.6 is 0 Å². The molecule has 0 unspecified atom stereocenters. The summed E-state index contributed by atoms with van der Waals surface area (Å²) >= 11 is 0. The Labute approximate surface area is 274 Å². The highest BCUT2D eigenvalue weighted by Crippen LogP contribution is 2.31. The zero-order chi connectivity index (χ0) is 34.1. The molecule has 1 amide bonds. The first-order valence-electron chi connectivity index (χ1n) is 15.4. The number of aromatic hydroxyl groups is 1. The lowest BCUT2D eigenvalue weighted by Gasteiger charge is -2.37. The van der Waals surface area contributed by atoms with E-state index in [1.54, 1.807) is 26.8 Å². The number of aromatic nitrogens is 3. The third-order valence-electron chi connectivity index (χ3n) is 7.81. The predicted molar refractivity (Wildman–Crippen MR) is 182 cm³/mol. The van der Waals surface area contributed by atoms with Crippen molar-refractivity contribution in [2.75, 3.05) is 51.3 Å². The summed E-state index contributed by atoms with van der Waals surface area (Å²) in [5, 5.41) is 16.6. The number of sulfonamides is 1. The molecule has 254 valence electrons. The molecular formula is C30H44N12O4S. The SMILES string of the molecule is CC(C)(C)C(=O)Nc1ccc(S(=O)(=O)Nc2ccc(Nc3nc(N4C[C@H](N)C[C@H](N)C4)nc(N4C[C@H](N)C[C@H](N)C4)n3)cc2O)cc1. The van der Waals surface area contributed by atoms with Gasteiger partial charge in [-0.25, -0.2) is 8.42 Å². The van der Waals surface area contributed by atoms with Crippen molar-refractivity contribution in [3.05, 3.63) is 42.5 Å². The van der Waals surface area contributed by atoms with Crippen molar-refractivity contribution in [2.24, 2.45) is 28.3 Å². The van der Waals surface area contributed by atoms with Crippen LogP contribution in [0.15, 0.2) is 47.4 Å². The molecule has 3 aromatic rings. The Morgan fingerprint density at radius 3 is 1.77 bits per heavy atom. The number of phenolic OH excluding ortho intramolecular Hbond substituents is 1. The summed E-state index contributed by atoms with van der Waals surface area (Å²) in [4.78, 5) is 30.0. The van der Waals surface area contributed by atoms with E-state index in [0.717, 1.165) is 0 Å². The summed E-state index contributed by atoms with van der Waals surface area (Å²) < 4.78 is 28.6. The molecule has 0 radical (unpaired) electrons. The molecule has 0 spiro atoms. The number of hydrogen-bond donors (Lipinski definition) is 8. The van der Waals surface area contributed by atoms with Crippen molar-refractivity contribution in [1.29, 1.82) is 0 Å². The van der Waals surface area contributed by atoms with E-state index in [9.17, 15) is 18.3 Å². The molecule has 0 aliphatic carbocycles. The summed E-state index contributed by atoms with van der Waals surface area (Å²) in [6.07, 6.45) is 1.37. The highest BCUT2D eigenvalue weighted by Gasteiger charge is 2.29. The van der Waals surface area contributed by atoms with E-state index in [1.165, 1.54) is 36.4 Å². The molecule has 12 N–H and O–H groups in total. The number of carbonyl (C=O) groups excluding carboxylic acids is 1. The van der Waals surface area contributed by atoms with Gasteiger partial charge in [0.05, 0.1) is 10.6 Å². The van der Waals surface area contributed by atoms with Crippen LogP contribution in [0.1, 0.15) is 33.6 Å². The minimum Gasteiger partial charge on any atom is -0.506 e. The van der Waals surface area contributed by atoms with E-state index in [0.29, 0.717) is 62.3 Å². The van der Waals surface area contributed by atoms with Crippen LogP contribution in [0.2, 0.25) is 0 Å². The summed E-state index contributed by atoms with van der Waals surface area (Å²) in [6, 6.07) is 9.50. The number of anilines is 6. The quantitative estimate of drug-likeness (QED) is 0.155. The topological polar surface area (TPSA) is 257 Å². The lowest BCUT2D eigenvalue weighted by atomic mass is 9.95. The Bertz CT molecular complexity index is 1640. The number of hydrogen-bond acceptors (Lipinski definition) is 14. The van der Waals surface area contributed by atoms with Gasteiger partial charge >= 0.3 is 0 Å². The predicted octanol–water partition coefficient (Wildman–Crippen LogP) is 0.836. The maximum atomic E-state index is 13.1. The molecular weight excluding hydrogens is 624 g/mol. The van der Waals surface area contributed by atoms with E-state index in [2.05, 4.69) is 25.3 Å². The largest absolute Gasteiger partial charge is 0.506 e. The van der Waals surface area contributed by atoms with Crippen molar-refractivity contribution in [2.45, 2.75) is 62.7 Å². The fourth-order valence-corrected chi connectivity index (χ4v) is 6.52. The van der Waals surface area contributed by atoms with Gasteiger partial charge in [-0.15, -0.1) is 0 Å². The number of nitrogens with one attached hydrogen (secondary N) is 3. The Morgan fingerprint density at radius 1 is 0.809 bits per heavy atom. The van der Waals surface area contributed by atoms with Gasteiger partial charge in [-0.3, -0.25) is 9.52 Å². The molecule has 2 fully saturated rings. The molecule has 2 saturated heterocycles. The van der Waals surface area contributed by atoms with Crippen molar-refractivity contribution in [1.82, 2.24) is 15.0 Å². The van der Waals surface area contributed by atoms with Gasteiger partial charge in [-0.1, -0.05) is 20.8 Å². The maximum Gasteiger partial charge on any atom is 0.262 e. The summed E-state index contributed by atoms with van der Waals surface area (Å²) in [5.74, 6) is 0.427. The van der Waals surface area contributed by atoms with Crippen LogP contribution in [-0.2, 0) is 14.8 Å². The Kier molecular flexibility index (Phi) is 9.74. The van der Waals surface area contributed by atoms with Crippen LogP contribution in [0, 0.1) is 5.41 Å². The molecule has 17 heteroatoms. The fraction of sp³-hybridized carbons (Fsp3) is 0.467. The lowest BCUT2D eigenvalue weighted by molar-refractivity contribution is -0.123. The second kappa shape index (κ2) is 13.4. The van der Waals surface area contributed by atoms with Gasteiger partial charge in [0.15, 0.2) is 0 Å². The van der Waals surface area contributed by atoms with Crippen molar-refractivity contribution >= 4 is 50.8 Å². The normalized spacial score (nSPS) is 22.1. The molecule has 0 bridgehead atoms. The number of nitrogens with two attached hydrogens (primary N) is 4. The van der Waals surface area contributed by atoms with Crippen molar-refractivity contribution in [3.63, 3.8) is 0 Å².